The predicted octanol–water partition coefficient (Wildman–Crippen LogP) is 3.16. The van der Waals surface area contributed by atoms with Crippen LogP contribution in [0.3, 0.4) is 0 Å². The molecule has 4 aliphatic carbocycles. The molecule has 5 rings (SSSR count). The third-order valence-corrected chi connectivity index (χ3v) is 10.4. The Hall–Kier alpha value is -1.63. The van der Waals surface area contributed by atoms with Gasteiger partial charge in [-0.25, -0.2) is 0 Å². The number of primary amides is 1. The number of carbonyl (C=O) groups excluding carboxylic acids is 2. The fourth-order valence-electron chi connectivity index (χ4n) is 8.46. The summed E-state index contributed by atoms with van der Waals surface area (Å²) in [6.45, 7) is 0.923. The summed E-state index contributed by atoms with van der Waals surface area (Å²) in [7, 11) is 0. The highest BCUT2D eigenvalue weighted by molar-refractivity contribution is 5.83. The zero-order valence-corrected chi connectivity index (χ0v) is 20.7. The summed E-state index contributed by atoms with van der Waals surface area (Å²) in [5.74, 6) is 3.10. The summed E-state index contributed by atoms with van der Waals surface area (Å²) in [6, 6.07) is 0.647. The van der Waals surface area contributed by atoms with E-state index < -0.39 is 0 Å². The van der Waals surface area contributed by atoms with Gasteiger partial charge in [-0.2, -0.15) is 0 Å². The Morgan fingerprint density at radius 1 is 0.824 bits per heavy atom. The molecule has 1 aliphatic heterocycles. The molecule has 0 radical (unpaired) electrons. The van der Waals surface area contributed by atoms with E-state index in [4.69, 9.17) is 16.9 Å². The topological polar surface area (TPSA) is 125 Å². The van der Waals surface area contributed by atoms with Gasteiger partial charge in [0, 0.05) is 30.5 Å². The van der Waals surface area contributed by atoms with Crippen LogP contribution < -0.4 is 16.8 Å². The van der Waals surface area contributed by atoms with Crippen molar-refractivity contribution in [2.75, 3.05) is 6.54 Å². The fourth-order valence-corrected chi connectivity index (χ4v) is 8.46. The Bertz CT molecular complexity index is 779. The first-order valence-electron chi connectivity index (χ1n) is 14.1. The van der Waals surface area contributed by atoms with Crippen LogP contribution in [-0.4, -0.2) is 47.2 Å². The van der Waals surface area contributed by atoms with Gasteiger partial charge in [-0.1, -0.05) is 19.3 Å². The van der Waals surface area contributed by atoms with E-state index >= 15 is 0 Å². The highest BCUT2D eigenvalue weighted by Crippen LogP contribution is 2.45. The lowest BCUT2D eigenvalue weighted by molar-refractivity contribution is -0.127. The quantitative estimate of drug-likeness (QED) is 0.351. The first kappa shape index (κ1) is 24.1. The molecular formula is C27H45N5O2. The number of carbonyl (C=O) groups is 2. The molecule has 5 aliphatic rings. The van der Waals surface area contributed by atoms with E-state index in [1.165, 1.54) is 32.1 Å². The van der Waals surface area contributed by atoms with E-state index in [0.717, 1.165) is 70.3 Å². The molecular weight excluding hydrogens is 426 g/mol. The van der Waals surface area contributed by atoms with E-state index in [1.54, 1.807) is 0 Å². The zero-order valence-electron chi connectivity index (χ0n) is 20.7. The summed E-state index contributed by atoms with van der Waals surface area (Å²) in [6.07, 6.45) is 15.4. The number of amides is 2. The molecule has 34 heavy (non-hydrogen) atoms. The largest absolute Gasteiger partial charge is 0.387 e. The van der Waals surface area contributed by atoms with Crippen molar-refractivity contribution < 1.29 is 9.59 Å². The average Bonchev–Trinajstić information content (AvgIpc) is 3.40. The minimum Gasteiger partial charge on any atom is -0.387 e. The lowest BCUT2D eigenvalue weighted by atomic mass is 9.77. The molecule has 2 amide bonds. The van der Waals surface area contributed by atoms with Crippen LogP contribution in [-0.2, 0) is 9.59 Å². The molecule has 0 bridgehead atoms. The highest BCUT2D eigenvalue weighted by atomic mass is 16.2. The van der Waals surface area contributed by atoms with Crippen molar-refractivity contribution in [3.8, 4) is 0 Å². The Labute approximate surface area is 204 Å². The number of hydrogen-bond acceptors (Lipinski definition) is 4. The fraction of sp³-hybridized carbons (Fsp3) is 0.889. The van der Waals surface area contributed by atoms with Gasteiger partial charge in [0.2, 0.25) is 11.8 Å². The highest BCUT2D eigenvalue weighted by Gasteiger charge is 2.49. The molecule has 1 heterocycles. The van der Waals surface area contributed by atoms with Crippen molar-refractivity contribution in [2.24, 2.45) is 47.0 Å². The standard InChI is InChI=1S/C27H45N5O2/c28-25(29)20-10-9-19-13-24(27(34)31-22-12-11-17-3-1-2-4-21(17)22)32(23(19)14-20)15-16-5-7-18(8-6-16)26(30)33/h16-24H,1-15H2,(H3,28,29)(H2,30,33)(H,31,34)/t16?,17?,18?,19?,20?,21?,22-,23?,24?/m0/s1. The van der Waals surface area contributed by atoms with Crippen molar-refractivity contribution in [3.05, 3.63) is 0 Å². The van der Waals surface area contributed by atoms with Gasteiger partial charge in [-0.3, -0.25) is 19.9 Å². The molecule has 5 fully saturated rings. The molecule has 6 N–H and O–H groups in total. The minimum absolute atomic E-state index is 0.0178. The van der Waals surface area contributed by atoms with Crippen molar-refractivity contribution in [2.45, 2.75) is 108 Å². The van der Waals surface area contributed by atoms with E-state index in [0.29, 0.717) is 35.7 Å². The Kier molecular flexibility index (Phi) is 7.19. The van der Waals surface area contributed by atoms with Gasteiger partial charge in [0.1, 0.15) is 0 Å². The van der Waals surface area contributed by atoms with E-state index in [1.807, 2.05) is 0 Å². The second-order valence-corrected chi connectivity index (χ2v) is 12.3. The van der Waals surface area contributed by atoms with Gasteiger partial charge in [0.05, 0.1) is 11.9 Å². The number of fused-ring (bicyclic) bond motifs is 2. The molecule has 7 nitrogen and oxygen atoms in total. The van der Waals surface area contributed by atoms with Gasteiger partial charge in [-0.05, 0) is 94.3 Å². The number of rotatable bonds is 6. The molecule has 0 spiro atoms. The predicted molar refractivity (Wildman–Crippen MR) is 133 cm³/mol. The Balaban J connectivity index is 1.28. The van der Waals surface area contributed by atoms with Crippen LogP contribution >= 0.6 is 0 Å². The molecule has 1 saturated heterocycles. The van der Waals surface area contributed by atoms with Crippen LogP contribution in [0.4, 0.5) is 0 Å². The third kappa shape index (κ3) is 4.87. The van der Waals surface area contributed by atoms with Gasteiger partial charge < -0.3 is 16.8 Å². The van der Waals surface area contributed by atoms with E-state index in [-0.39, 0.29) is 29.7 Å². The van der Waals surface area contributed by atoms with Crippen LogP contribution in [0.15, 0.2) is 0 Å². The number of nitrogens with two attached hydrogens (primary N) is 2. The van der Waals surface area contributed by atoms with Crippen LogP contribution in [0.2, 0.25) is 0 Å². The normalized spacial score (nSPS) is 42.5. The van der Waals surface area contributed by atoms with Crippen molar-refractivity contribution in [1.29, 1.82) is 5.41 Å². The van der Waals surface area contributed by atoms with Crippen molar-refractivity contribution in [3.63, 3.8) is 0 Å². The molecule has 4 saturated carbocycles. The maximum Gasteiger partial charge on any atom is 0.237 e. The monoisotopic (exact) mass is 471 g/mol. The number of nitrogens with zero attached hydrogens (tertiary/aromatic N) is 1. The molecule has 190 valence electrons. The second-order valence-electron chi connectivity index (χ2n) is 12.3. The molecule has 0 aromatic heterocycles. The SMILES string of the molecule is N=C(N)C1CCC2CC(C(=O)N[C@H]3CCC4CCCCC43)N(CC3CCC(C(N)=O)CC3)C2C1. The lowest BCUT2D eigenvalue weighted by Gasteiger charge is -2.40. The maximum absolute atomic E-state index is 13.7. The molecule has 7 atom stereocenters. The van der Waals surface area contributed by atoms with E-state index in [9.17, 15) is 9.59 Å². The van der Waals surface area contributed by atoms with Crippen molar-refractivity contribution in [1.82, 2.24) is 10.2 Å². The first-order chi connectivity index (χ1) is 16.4. The van der Waals surface area contributed by atoms with Gasteiger partial charge in [0.15, 0.2) is 0 Å². The summed E-state index contributed by atoms with van der Waals surface area (Å²) in [5, 5.41) is 11.6. The Morgan fingerprint density at radius 3 is 2.26 bits per heavy atom. The molecule has 0 aromatic rings. The number of hydrogen-bond donors (Lipinski definition) is 4. The lowest BCUT2D eigenvalue weighted by Crippen LogP contribution is -2.52. The summed E-state index contributed by atoms with van der Waals surface area (Å²) in [5.41, 5.74) is 11.5. The number of likely N-dealkylation sites (tertiary alicyclic amines) is 1. The smallest absolute Gasteiger partial charge is 0.237 e. The van der Waals surface area contributed by atoms with Gasteiger partial charge in [0.25, 0.3) is 0 Å². The van der Waals surface area contributed by atoms with Gasteiger partial charge >= 0.3 is 0 Å². The molecule has 6 unspecified atom stereocenters. The first-order valence-corrected chi connectivity index (χ1v) is 14.1. The number of nitrogens with one attached hydrogen (secondary N) is 2. The van der Waals surface area contributed by atoms with Crippen LogP contribution in [0.25, 0.3) is 0 Å². The second kappa shape index (κ2) is 10.2. The van der Waals surface area contributed by atoms with Crippen molar-refractivity contribution >= 4 is 17.6 Å². The number of amidine groups is 1. The minimum atomic E-state index is -0.161. The summed E-state index contributed by atoms with van der Waals surface area (Å²) < 4.78 is 0. The molecule has 7 heteroatoms. The average molecular weight is 472 g/mol. The van der Waals surface area contributed by atoms with Crippen LogP contribution in [0.1, 0.15) is 89.9 Å². The summed E-state index contributed by atoms with van der Waals surface area (Å²) >= 11 is 0. The van der Waals surface area contributed by atoms with E-state index in [2.05, 4.69) is 10.2 Å². The van der Waals surface area contributed by atoms with Crippen LogP contribution in [0, 0.1) is 40.9 Å². The van der Waals surface area contributed by atoms with Gasteiger partial charge in [-0.15, -0.1) is 0 Å². The summed E-state index contributed by atoms with van der Waals surface area (Å²) in [4.78, 5) is 27.9. The Morgan fingerprint density at radius 2 is 1.53 bits per heavy atom. The zero-order chi connectivity index (χ0) is 23.8. The molecule has 0 aromatic carbocycles. The maximum atomic E-state index is 13.7. The van der Waals surface area contributed by atoms with Crippen LogP contribution in [0.5, 0.6) is 0 Å². The third-order valence-electron chi connectivity index (χ3n) is 10.4.